The summed E-state index contributed by atoms with van der Waals surface area (Å²) >= 11 is 0. The summed E-state index contributed by atoms with van der Waals surface area (Å²) in [5.74, 6) is -1.70. The number of sulfonamides is 1. The van der Waals surface area contributed by atoms with Crippen molar-refractivity contribution < 1.29 is 37.7 Å². The lowest BCUT2D eigenvalue weighted by atomic mass is 10.1. The molecule has 0 aliphatic carbocycles. The van der Waals surface area contributed by atoms with E-state index in [4.69, 9.17) is 34.4 Å². The molecule has 0 amide bonds. The number of nitrogens with one attached hydrogen (secondary N) is 1. The molecule has 0 saturated heterocycles. The Bertz CT molecular complexity index is 1320. The number of benzene rings is 2. The number of nitrogens with two attached hydrogens (primary N) is 1. The first-order valence-corrected chi connectivity index (χ1v) is 9.70. The molecule has 0 aliphatic rings. The Labute approximate surface area is 182 Å². The van der Waals surface area contributed by atoms with Crippen LogP contribution in [0.3, 0.4) is 0 Å². The maximum atomic E-state index is 12.0. The van der Waals surface area contributed by atoms with Crippen molar-refractivity contribution in [2.75, 3.05) is 26.7 Å². The number of primary sulfonamides is 1. The van der Waals surface area contributed by atoms with Crippen molar-refractivity contribution in [3.63, 3.8) is 0 Å². The maximum absolute atomic E-state index is 12.0. The van der Waals surface area contributed by atoms with Gasteiger partial charge in [-0.1, -0.05) is 18.2 Å². The van der Waals surface area contributed by atoms with Gasteiger partial charge in [0.1, 0.15) is 17.2 Å². The van der Waals surface area contributed by atoms with E-state index in [0.717, 1.165) is 12.1 Å². The third kappa shape index (κ3) is 6.40. The van der Waals surface area contributed by atoms with Crippen molar-refractivity contribution in [1.29, 1.82) is 0 Å². The van der Waals surface area contributed by atoms with E-state index in [2.05, 4.69) is 5.32 Å². The standard InChI is InChI=1S/C20H28N2O5S/c1-4-26-17-7-5-6-8-18(17)27-12-11-22-15(2)13-16-9-10-19(25-3)20(14-16)28(21,23)24/h5-10,14-15,22H,4,11-13H2,1-3H3,(H2,21,23,24)/t15-/m1/s1/i3D3,5D,6D,7D,8D,11D2,12D2. The summed E-state index contributed by atoms with van der Waals surface area (Å²) in [7, 11) is -7.35. The molecule has 0 saturated carbocycles. The number of para-hydroxylation sites is 2. The lowest BCUT2D eigenvalue weighted by Crippen LogP contribution is -2.32. The number of hydrogen-bond acceptors (Lipinski definition) is 6. The Kier molecular flexibility index (Phi) is 4.06. The molecule has 0 aromatic heterocycles. The Morgan fingerprint density at radius 2 is 1.96 bits per heavy atom. The van der Waals surface area contributed by atoms with Gasteiger partial charge in [0.2, 0.25) is 10.0 Å². The molecule has 2 rings (SSSR count). The van der Waals surface area contributed by atoms with Crippen LogP contribution in [0.15, 0.2) is 47.3 Å². The van der Waals surface area contributed by atoms with E-state index in [1.54, 1.807) is 0 Å². The van der Waals surface area contributed by atoms with Crippen molar-refractivity contribution in [2.45, 2.75) is 31.2 Å². The molecule has 0 spiro atoms. The van der Waals surface area contributed by atoms with Crippen LogP contribution in [-0.4, -0.2) is 41.2 Å². The van der Waals surface area contributed by atoms with E-state index >= 15 is 0 Å². The molecule has 1 atom stereocenters. The quantitative estimate of drug-likeness (QED) is 0.580. The van der Waals surface area contributed by atoms with Crippen LogP contribution in [0.1, 0.15) is 34.5 Å². The number of hydrogen-bond donors (Lipinski definition) is 2. The SMILES string of the molecule is [2H]c1c([2H])c([2H])c(OC([2H])([2H])C([2H])([2H])N[C@H](C)Cc2ccc(OC([2H])([2H])[2H])c(S(N)(=O)=O)c2)c(OCC)c1[2H]. The van der Waals surface area contributed by atoms with Crippen molar-refractivity contribution >= 4 is 10.0 Å². The normalized spacial score (nSPS) is 19.6. The predicted octanol–water partition coefficient (Wildman–Crippen LogP) is 2.34. The molecule has 0 radical (unpaired) electrons. The molecule has 0 heterocycles. The Morgan fingerprint density at radius 1 is 1.25 bits per heavy atom. The first kappa shape index (κ1) is 11.0. The second-order valence-electron chi connectivity index (χ2n) is 5.60. The highest BCUT2D eigenvalue weighted by molar-refractivity contribution is 7.89. The van der Waals surface area contributed by atoms with Crippen LogP contribution >= 0.6 is 0 Å². The minimum absolute atomic E-state index is 0.0413. The maximum Gasteiger partial charge on any atom is 0.241 e. The van der Waals surface area contributed by atoms with Crippen molar-refractivity contribution in [2.24, 2.45) is 5.14 Å². The molecular weight excluding hydrogens is 380 g/mol. The second-order valence-corrected chi connectivity index (χ2v) is 7.13. The summed E-state index contributed by atoms with van der Waals surface area (Å²) in [6.45, 7) is -3.21. The summed E-state index contributed by atoms with van der Waals surface area (Å²) in [6.07, 6.45) is -0.0820. The van der Waals surface area contributed by atoms with Gasteiger partial charge < -0.3 is 19.5 Å². The molecule has 0 unspecified atom stereocenters. The van der Waals surface area contributed by atoms with E-state index < -0.39 is 82.5 Å². The molecule has 0 aliphatic heterocycles. The minimum Gasteiger partial charge on any atom is -0.495 e. The summed E-state index contributed by atoms with van der Waals surface area (Å²) < 4.78 is 125. The average molecular weight is 420 g/mol. The van der Waals surface area contributed by atoms with Gasteiger partial charge in [-0.15, -0.1) is 0 Å². The van der Waals surface area contributed by atoms with E-state index in [1.165, 1.54) is 19.9 Å². The molecule has 7 nitrogen and oxygen atoms in total. The second kappa shape index (κ2) is 10.3. The average Bonchev–Trinajstić information content (AvgIpc) is 2.77. The van der Waals surface area contributed by atoms with Gasteiger partial charge in [0.15, 0.2) is 11.5 Å². The minimum atomic E-state index is -4.40. The fourth-order valence-electron chi connectivity index (χ4n) is 2.23. The van der Waals surface area contributed by atoms with Crippen LogP contribution in [0.4, 0.5) is 0 Å². The zero-order valence-corrected chi connectivity index (χ0v) is 16.1. The Balaban J connectivity index is 2.33. The molecular formula is C20H28N2O5S. The zero-order valence-electron chi connectivity index (χ0n) is 26.3. The van der Waals surface area contributed by atoms with Gasteiger partial charge in [-0.3, -0.25) is 0 Å². The predicted molar refractivity (Wildman–Crippen MR) is 109 cm³/mol. The van der Waals surface area contributed by atoms with Gasteiger partial charge in [0, 0.05) is 15.3 Å². The van der Waals surface area contributed by atoms with Crippen LogP contribution in [0.5, 0.6) is 17.2 Å². The van der Waals surface area contributed by atoms with Crippen LogP contribution in [0, 0.1) is 0 Å². The first-order chi connectivity index (χ1) is 17.6. The van der Waals surface area contributed by atoms with Crippen LogP contribution in [0.2, 0.25) is 0 Å². The van der Waals surface area contributed by atoms with E-state index in [1.807, 2.05) is 0 Å². The van der Waals surface area contributed by atoms with Crippen LogP contribution in [-0.2, 0) is 16.4 Å². The molecule has 154 valence electrons. The fraction of sp³-hybridized carbons (Fsp3) is 0.400. The van der Waals surface area contributed by atoms with E-state index in [9.17, 15) is 8.42 Å². The van der Waals surface area contributed by atoms with E-state index in [-0.39, 0.29) is 18.6 Å². The van der Waals surface area contributed by atoms with Crippen molar-refractivity contribution in [3.05, 3.63) is 47.9 Å². The highest BCUT2D eigenvalue weighted by Crippen LogP contribution is 2.26. The Hall–Kier alpha value is -2.29. The summed E-state index contributed by atoms with van der Waals surface area (Å²) in [5.41, 5.74) is 0.269. The van der Waals surface area contributed by atoms with Crippen LogP contribution in [0.25, 0.3) is 0 Å². The Morgan fingerprint density at radius 3 is 2.61 bits per heavy atom. The van der Waals surface area contributed by atoms with Crippen molar-refractivity contribution in [3.8, 4) is 17.2 Å². The third-order valence-corrected chi connectivity index (χ3v) is 4.33. The zero-order chi connectivity index (χ0) is 30.1. The number of rotatable bonds is 11. The number of methoxy groups -OCH3 is 1. The highest BCUT2D eigenvalue weighted by Gasteiger charge is 2.16. The third-order valence-electron chi connectivity index (χ3n) is 3.40. The monoisotopic (exact) mass is 419 g/mol. The van der Waals surface area contributed by atoms with Gasteiger partial charge in [0.05, 0.1) is 26.0 Å². The topological polar surface area (TPSA) is 99.9 Å². The van der Waals surface area contributed by atoms with Crippen molar-refractivity contribution in [1.82, 2.24) is 5.32 Å². The molecule has 0 bridgehead atoms. The smallest absolute Gasteiger partial charge is 0.241 e. The first-order valence-electron chi connectivity index (χ1n) is 13.7. The molecule has 28 heavy (non-hydrogen) atoms. The van der Waals surface area contributed by atoms with E-state index in [0.29, 0.717) is 0 Å². The molecule has 2 aromatic rings. The lowest BCUT2D eigenvalue weighted by molar-refractivity contribution is 0.272. The lowest BCUT2D eigenvalue weighted by Gasteiger charge is -2.16. The van der Waals surface area contributed by atoms with Gasteiger partial charge >= 0.3 is 0 Å². The molecule has 3 N–H and O–H groups in total. The summed E-state index contributed by atoms with van der Waals surface area (Å²) in [4.78, 5) is -0.605. The van der Waals surface area contributed by atoms with Crippen LogP contribution < -0.4 is 24.7 Å². The largest absolute Gasteiger partial charge is 0.495 e. The highest BCUT2D eigenvalue weighted by atomic mass is 32.2. The van der Waals surface area contributed by atoms with Gasteiger partial charge in [0.25, 0.3) is 0 Å². The fourth-order valence-corrected chi connectivity index (χ4v) is 2.93. The summed E-state index contributed by atoms with van der Waals surface area (Å²) in [5, 5.41) is 7.57. The summed E-state index contributed by atoms with van der Waals surface area (Å²) in [6, 6.07) is -0.148. The van der Waals surface area contributed by atoms with Gasteiger partial charge in [-0.05, 0) is 50.0 Å². The molecule has 2 aromatic carbocycles. The molecule has 0 fully saturated rings. The molecule has 8 heteroatoms. The number of ether oxygens (including phenoxy) is 3. The van der Waals surface area contributed by atoms with Gasteiger partial charge in [-0.25, -0.2) is 13.6 Å². The van der Waals surface area contributed by atoms with Gasteiger partial charge in [-0.2, -0.15) is 0 Å².